The van der Waals surface area contributed by atoms with Crippen molar-refractivity contribution >= 4 is 28.5 Å². The minimum atomic E-state index is -0.440. The van der Waals surface area contributed by atoms with E-state index in [1.54, 1.807) is 38.2 Å². The van der Waals surface area contributed by atoms with Crippen molar-refractivity contribution in [3.63, 3.8) is 0 Å². The number of fused-ring (bicyclic) bond motifs is 1. The van der Waals surface area contributed by atoms with Gasteiger partial charge in [-0.15, -0.1) is 0 Å². The maximum Gasteiger partial charge on any atom is 0.255 e. The number of carbonyl (C=O) groups excluding carboxylic acids is 1. The molecule has 3 rings (SSSR count). The van der Waals surface area contributed by atoms with Crippen molar-refractivity contribution in [3.05, 3.63) is 64.1 Å². The minimum absolute atomic E-state index is 0.0535. The summed E-state index contributed by atoms with van der Waals surface area (Å²) in [6.45, 7) is 1.66. The molecule has 3 aromatic rings. The zero-order valence-corrected chi connectivity index (χ0v) is 13.9. The third-order valence-corrected chi connectivity index (χ3v) is 4.10. The molecule has 0 radical (unpaired) electrons. The van der Waals surface area contributed by atoms with E-state index >= 15 is 0 Å². The molecule has 124 valence electrons. The second-order valence-corrected chi connectivity index (χ2v) is 5.64. The fraction of sp³-hybridized carbons (Fsp3) is 0.167. The van der Waals surface area contributed by atoms with E-state index in [-0.39, 0.29) is 23.1 Å². The number of furan rings is 1. The Morgan fingerprint density at radius 2 is 2.04 bits per heavy atom. The molecule has 0 saturated carbocycles. The summed E-state index contributed by atoms with van der Waals surface area (Å²) in [5.41, 5.74) is 1.20. The average Bonchev–Trinajstić information content (AvgIpc) is 2.90. The maximum atomic E-state index is 13.9. The van der Waals surface area contributed by atoms with Gasteiger partial charge in [-0.25, -0.2) is 4.39 Å². The fourth-order valence-corrected chi connectivity index (χ4v) is 2.79. The Balaban J connectivity index is 2.02. The predicted molar refractivity (Wildman–Crippen MR) is 90.1 cm³/mol. The molecule has 1 heterocycles. The molecule has 1 amide bonds. The van der Waals surface area contributed by atoms with Gasteiger partial charge in [-0.05, 0) is 31.2 Å². The van der Waals surface area contributed by atoms with E-state index in [4.69, 9.17) is 20.8 Å². The lowest BCUT2D eigenvalue weighted by molar-refractivity contribution is 0.0962. The first kappa shape index (κ1) is 16.3. The zero-order valence-electron chi connectivity index (χ0n) is 13.2. The molecule has 1 aromatic heterocycles. The molecule has 0 fully saturated rings. The summed E-state index contributed by atoms with van der Waals surface area (Å²) in [5.74, 6) is 0.211. The topological polar surface area (TPSA) is 51.5 Å². The summed E-state index contributed by atoms with van der Waals surface area (Å²) in [6.07, 6.45) is 0. The van der Waals surface area contributed by atoms with Crippen LogP contribution in [-0.4, -0.2) is 13.0 Å². The minimum Gasteiger partial charge on any atom is -0.488 e. The second kappa shape index (κ2) is 6.53. The van der Waals surface area contributed by atoms with Gasteiger partial charge >= 0.3 is 0 Å². The number of aryl methyl sites for hydroxylation is 1. The molecule has 0 saturated heterocycles. The van der Waals surface area contributed by atoms with Crippen LogP contribution in [0.4, 0.5) is 4.39 Å². The van der Waals surface area contributed by atoms with Crippen LogP contribution in [0.3, 0.4) is 0 Å². The summed E-state index contributed by atoms with van der Waals surface area (Å²) in [4.78, 5) is 12.1. The van der Waals surface area contributed by atoms with E-state index in [1.807, 2.05) is 0 Å². The largest absolute Gasteiger partial charge is 0.488 e. The Hall–Kier alpha value is -2.53. The number of amides is 1. The molecule has 24 heavy (non-hydrogen) atoms. The summed E-state index contributed by atoms with van der Waals surface area (Å²) in [6, 6.07) is 9.66. The smallest absolute Gasteiger partial charge is 0.255 e. The number of ether oxygens (including phenoxy) is 1. The van der Waals surface area contributed by atoms with Gasteiger partial charge in [-0.2, -0.15) is 0 Å². The van der Waals surface area contributed by atoms with Crippen molar-refractivity contribution in [2.75, 3.05) is 7.05 Å². The van der Waals surface area contributed by atoms with E-state index in [0.29, 0.717) is 28.0 Å². The molecule has 1 N–H and O–H groups in total. The number of rotatable bonds is 4. The lowest BCUT2D eigenvalue weighted by Gasteiger charge is -2.10. The molecule has 0 spiro atoms. The van der Waals surface area contributed by atoms with E-state index in [2.05, 4.69) is 5.32 Å². The quantitative estimate of drug-likeness (QED) is 0.757. The Morgan fingerprint density at radius 1 is 1.29 bits per heavy atom. The SMILES string of the molecule is CNC(=O)c1c(C)oc2cccc(OCc3c(F)cccc3Cl)c12. The number of halogens is 2. The first-order valence-electron chi connectivity index (χ1n) is 7.32. The van der Waals surface area contributed by atoms with Crippen molar-refractivity contribution in [3.8, 4) is 5.75 Å². The third kappa shape index (κ3) is 2.83. The lowest BCUT2D eigenvalue weighted by atomic mass is 10.1. The Morgan fingerprint density at radius 3 is 2.75 bits per heavy atom. The summed E-state index contributed by atoms with van der Waals surface area (Å²) >= 11 is 6.02. The molecule has 0 atom stereocenters. The summed E-state index contributed by atoms with van der Waals surface area (Å²) in [7, 11) is 1.54. The van der Waals surface area contributed by atoms with Crippen LogP contribution >= 0.6 is 11.6 Å². The standard InChI is InChI=1S/C18H15ClFNO3/c1-10-16(18(22)21-2)17-14(7-4-8-15(17)24-10)23-9-11-12(19)5-3-6-13(11)20/h3-8H,9H2,1-2H3,(H,21,22). The van der Waals surface area contributed by atoms with Gasteiger partial charge in [0.1, 0.15) is 29.5 Å². The van der Waals surface area contributed by atoms with Gasteiger partial charge in [0.15, 0.2) is 0 Å². The van der Waals surface area contributed by atoms with Crippen LogP contribution in [0.2, 0.25) is 5.02 Å². The highest BCUT2D eigenvalue weighted by Gasteiger charge is 2.21. The van der Waals surface area contributed by atoms with Crippen LogP contribution in [0, 0.1) is 12.7 Å². The normalized spacial score (nSPS) is 10.8. The molecule has 0 aliphatic heterocycles. The van der Waals surface area contributed by atoms with Crippen molar-refractivity contribution < 1.29 is 18.3 Å². The fourth-order valence-electron chi connectivity index (χ4n) is 2.57. The molecule has 0 unspecified atom stereocenters. The van der Waals surface area contributed by atoms with Gasteiger partial charge in [0.25, 0.3) is 5.91 Å². The Labute approximate surface area is 143 Å². The van der Waals surface area contributed by atoms with Gasteiger partial charge < -0.3 is 14.5 Å². The van der Waals surface area contributed by atoms with Crippen LogP contribution < -0.4 is 10.1 Å². The van der Waals surface area contributed by atoms with E-state index < -0.39 is 5.82 Å². The first-order chi connectivity index (χ1) is 11.5. The van der Waals surface area contributed by atoms with Gasteiger partial charge in [-0.3, -0.25) is 4.79 Å². The molecule has 4 nitrogen and oxygen atoms in total. The van der Waals surface area contributed by atoms with Gasteiger partial charge in [-0.1, -0.05) is 23.7 Å². The van der Waals surface area contributed by atoms with Gasteiger partial charge in [0, 0.05) is 12.6 Å². The first-order valence-corrected chi connectivity index (χ1v) is 7.70. The molecule has 2 aromatic carbocycles. The zero-order chi connectivity index (χ0) is 17.3. The van der Waals surface area contributed by atoms with Gasteiger partial charge in [0.05, 0.1) is 16.0 Å². The van der Waals surface area contributed by atoms with E-state index in [0.717, 1.165) is 0 Å². The molecule has 0 aliphatic carbocycles. The lowest BCUT2D eigenvalue weighted by Crippen LogP contribution is -2.18. The Bertz CT molecular complexity index is 900. The number of carbonyl (C=O) groups is 1. The highest BCUT2D eigenvalue weighted by atomic mass is 35.5. The van der Waals surface area contributed by atoms with Crippen molar-refractivity contribution in [1.82, 2.24) is 5.32 Å². The molecular formula is C18H15ClFNO3. The number of benzene rings is 2. The number of hydrogen-bond donors (Lipinski definition) is 1. The van der Waals surface area contributed by atoms with Gasteiger partial charge in [0.2, 0.25) is 0 Å². The van der Waals surface area contributed by atoms with Crippen LogP contribution in [0.25, 0.3) is 11.0 Å². The van der Waals surface area contributed by atoms with Crippen LogP contribution in [0.15, 0.2) is 40.8 Å². The molecule has 6 heteroatoms. The van der Waals surface area contributed by atoms with E-state index in [1.165, 1.54) is 12.1 Å². The number of nitrogens with one attached hydrogen (secondary N) is 1. The predicted octanol–water partition coefficient (Wildman–Crippen LogP) is 4.47. The molecule has 0 bridgehead atoms. The van der Waals surface area contributed by atoms with Crippen LogP contribution in [0.1, 0.15) is 21.7 Å². The monoisotopic (exact) mass is 347 g/mol. The highest BCUT2D eigenvalue weighted by molar-refractivity contribution is 6.31. The van der Waals surface area contributed by atoms with Crippen molar-refractivity contribution in [2.24, 2.45) is 0 Å². The van der Waals surface area contributed by atoms with E-state index in [9.17, 15) is 9.18 Å². The van der Waals surface area contributed by atoms with Crippen molar-refractivity contribution in [1.29, 1.82) is 0 Å². The second-order valence-electron chi connectivity index (χ2n) is 5.23. The van der Waals surface area contributed by atoms with Crippen LogP contribution in [-0.2, 0) is 6.61 Å². The molecule has 0 aliphatic rings. The van der Waals surface area contributed by atoms with Crippen LogP contribution in [0.5, 0.6) is 5.75 Å². The third-order valence-electron chi connectivity index (χ3n) is 3.74. The summed E-state index contributed by atoms with van der Waals surface area (Å²) in [5, 5.41) is 3.43. The average molecular weight is 348 g/mol. The highest BCUT2D eigenvalue weighted by Crippen LogP contribution is 2.34. The summed E-state index contributed by atoms with van der Waals surface area (Å²) < 4.78 is 25.3. The number of hydrogen-bond acceptors (Lipinski definition) is 3. The molecular weight excluding hydrogens is 333 g/mol. The van der Waals surface area contributed by atoms with Crippen molar-refractivity contribution in [2.45, 2.75) is 13.5 Å². The maximum absolute atomic E-state index is 13.9. The Kier molecular flexibility index (Phi) is 4.44.